The van der Waals surface area contributed by atoms with Crippen LogP contribution in [0.3, 0.4) is 0 Å². The summed E-state index contributed by atoms with van der Waals surface area (Å²) in [7, 11) is 3.43. The van der Waals surface area contributed by atoms with Crippen LogP contribution in [0.1, 0.15) is 0 Å². The second-order valence-electron chi connectivity index (χ2n) is 6.79. The Morgan fingerprint density at radius 1 is 1.31 bits per heavy atom. The largest absolute Gasteiger partial charge is 0.490 e. The number of alkyl halides is 3. The summed E-state index contributed by atoms with van der Waals surface area (Å²) in [5.74, 6) is -2.07. The van der Waals surface area contributed by atoms with Gasteiger partial charge in [-0.25, -0.2) is 23.9 Å². The molecule has 3 rings (SSSR count). The molecular weight excluding hydrogens is 402 g/mol. The van der Waals surface area contributed by atoms with E-state index in [4.69, 9.17) is 14.6 Å². The molecule has 0 aliphatic carbocycles. The molecule has 2 saturated heterocycles. The Morgan fingerprint density at radius 3 is 2.41 bits per heavy atom. The lowest BCUT2D eigenvalue weighted by molar-refractivity contribution is -0.192. The Hall–Kier alpha value is -2.70. The van der Waals surface area contributed by atoms with Gasteiger partial charge in [0.05, 0.1) is 25.1 Å². The Balaban J connectivity index is 0.000000370. The monoisotopic (exact) mass is 423 g/mol. The van der Waals surface area contributed by atoms with Gasteiger partial charge in [0.25, 0.3) is 0 Å². The molecule has 2 amide bonds. The number of carbonyl (C=O) groups is 2. The third-order valence-corrected chi connectivity index (χ3v) is 4.49. The van der Waals surface area contributed by atoms with Crippen LogP contribution in [0, 0.1) is 17.7 Å². The summed E-state index contributed by atoms with van der Waals surface area (Å²) < 4.78 is 50.5. The van der Waals surface area contributed by atoms with Gasteiger partial charge in [0, 0.05) is 45.6 Å². The summed E-state index contributed by atoms with van der Waals surface area (Å²) in [6.45, 7) is 2.71. The Morgan fingerprint density at radius 2 is 1.90 bits per heavy atom. The van der Waals surface area contributed by atoms with Gasteiger partial charge in [0.1, 0.15) is 0 Å². The number of rotatable bonds is 3. The first-order chi connectivity index (χ1) is 13.5. The lowest BCUT2D eigenvalue weighted by Crippen LogP contribution is -2.39. The fourth-order valence-electron chi connectivity index (χ4n) is 3.02. The Bertz CT molecular complexity index is 716. The van der Waals surface area contributed by atoms with Gasteiger partial charge >= 0.3 is 18.2 Å². The SMILES string of the molecule is CN(C)C(=O)NC[C@@H]1CO[C@@H]2CN(c3ncc(F)cn3)C[C@H]12.O=C(O)C(F)(F)F. The number of anilines is 1. The number of hydrogen-bond donors (Lipinski definition) is 2. The summed E-state index contributed by atoms with van der Waals surface area (Å²) in [6, 6.07) is -0.0971. The quantitative estimate of drug-likeness (QED) is 0.698. The summed E-state index contributed by atoms with van der Waals surface area (Å²) in [5.41, 5.74) is 0. The van der Waals surface area contributed by atoms with Crippen LogP contribution in [0.5, 0.6) is 0 Å². The van der Waals surface area contributed by atoms with Crippen LogP contribution in [0.4, 0.5) is 28.3 Å². The van der Waals surface area contributed by atoms with Crippen molar-refractivity contribution in [3.63, 3.8) is 0 Å². The molecule has 2 N–H and O–H groups in total. The van der Waals surface area contributed by atoms with Crippen LogP contribution in [0.25, 0.3) is 0 Å². The first-order valence-electron chi connectivity index (χ1n) is 8.58. The van der Waals surface area contributed by atoms with Gasteiger partial charge in [-0.3, -0.25) is 0 Å². The third kappa shape index (κ3) is 6.14. The average molecular weight is 423 g/mol. The minimum Gasteiger partial charge on any atom is -0.475 e. The lowest BCUT2D eigenvalue weighted by Gasteiger charge is -2.20. The first-order valence-corrected chi connectivity index (χ1v) is 8.58. The highest BCUT2D eigenvalue weighted by molar-refractivity contribution is 5.73. The van der Waals surface area contributed by atoms with Crippen molar-refractivity contribution < 1.29 is 37.0 Å². The molecule has 3 atom stereocenters. The standard InChI is InChI=1S/C14H20FN5O2.C2HF3O2/c1-19(2)14(21)18-3-9-8-22-12-7-20(6-11(9)12)13-16-4-10(15)5-17-13;3-2(4,5)1(6)7/h4-5,9,11-12H,3,6-8H2,1-2H3,(H,18,21);(H,6,7)/t9-,11-,12-;/m1./s1. The fourth-order valence-corrected chi connectivity index (χ4v) is 3.02. The molecule has 3 heterocycles. The van der Waals surface area contributed by atoms with Gasteiger partial charge in [0.15, 0.2) is 5.82 Å². The van der Waals surface area contributed by atoms with Crippen molar-refractivity contribution in [3.8, 4) is 0 Å². The molecule has 9 nitrogen and oxygen atoms in total. The zero-order valence-corrected chi connectivity index (χ0v) is 15.7. The number of nitrogens with zero attached hydrogens (tertiary/aromatic N) is 4. The molecular formula is C16H21F4N5O4. The van der Waals surface area contributed by atoms with Crippen molar-refractivity contribution >= 4 is 17.9 Å². The van der Waals surface area contributed by atoms with Crippen molar-refractivity contribution in [2.45, 2.75) is 12.3 Å². The van der Waals surface area contributed by atoms with E-state index in [1.165, 1.54) is 17.3 Å². The highest BCUT2D eigenvalue weighted by Crippen LogP contribution is 2.34. The molecule has 2 aliphatic heterocycles. The number of aliphatic carboxylic acids is 1. The molecule has 1 aromatic rings. The second kappa shape index (κ2) is 9.20. The van der Waals surface area contributed by atoms with E-state index in [0.29, 0.717) is 31.6 Å². The normalized spacial score (nSPS) is 23.1. The molecule has 2 fully saturated rings. The van der Waals surface area contributed by atoms with E-state index < -0.39 is 18.0 Å². The zero-order valence-electron chi connectivity index (χ0n) is 15.7. The number of aromatic nitrogens is 2. The molecule has 0 spiro atoms. The summed E-state index contributed by atoms with van der Waals surface area (Å²) in [5, 5.41) is 10.0. The number of halogens is 4. The zero-order chi connectivity index (χ0) is 21.8. The molecule has 0 saturated carbocycles. The molecule has 0 aromatic carbocycles. The lowest BCUT2D eigenvalue weighted by atomic mass is 9.93. The molecule has 0 bridgehead atoms. The molecule has 162 valence electrons. The molecule has 13 heteroatoms. The molecule has 0 radical (unpaired) electrons. The van der Waals surface area contributed by atoms with Crippen LogP contribution in [-0.4, -0.2) is 84.6 Å². The van der Waals surface area contributed by atoms with Crippen molar-refractivity contribution in [1.82, 2.24) is 20.2 Å². The van der Waals surface area contributed by atoms with E-state index in [1.54, 1.807) is 14.1 Å². The van der Waals surface area contributed by atoms with Crippen molar-refractivity contribution in [2.24, 2.45) is 11.8 Å². The van der Waals surface area contributed by atoms with E-state index in [2.05, 4.69) is 15.3 Å². The van der Waals surface area contributed by atoms with Crippen LogP contribution in [0.2, 0.25) is 0 Å². The first kappa shape index (κ1) is 22.6. The van der Waals surface area contributed by atoms with E-state index >= 15 is 0 Å². The molecule has 2 aliphatic rings. The highest BCUT2D eigenvalue weighted by atomic mass is 19.4. The molecule has 29 heavy (non-hydrogen) atoms. The minimum absolute atomic E-state index is 0.0971. The van der Waals surface area contributed by atoms with Gasteiger partial charge in [-0.2, -0.15) is 13.2 Å². The van der Waals surface area contributed by atoms with Crippen LogP contribution < -0.4 is 10.2 Å². The van der Waals surface area contributed by atoms with E-state index in [0.717, 1.165) is 6.54 Å². The number of carbonyl (C=O) groups excluding carboxylic acids is 1. The minimum atomic E-state index is -5.08. The average Bonchev–Trinajstić information content (AvgIpc) is 3.21. The summed E-state index contributed by atoms with van der Waals surface area (Å²) in [6.07, 6.45) is -2.62. The van der Waals surface area contributed by atoms with Crippen LogP contribution in [-0.2, 0) is 9.53 Å². The van der Waals surface area contributed by atoms with E-state index in [1.807, 2.05) is 4.90 Å². The summed E-state index contributed by atoms with van der Waals surface area (Å²) >= 11 is 0. The van der Waals surface area contributed by atoms with Gasteiger partial charge < -0.3 is 25.0 Å². The maximum atomic E-state index is 12.9. The Labute approximate surface area is 163 Å². The second-order valence-corrected chi connectivity index (χ2v) is 6.79. The Kier molecular flexibility index (Phi) is 7.16. The van der Waals surface area contributed by atoms with Crippen molar-refractivity contribution in [3.05, 3.63) is 18.2 Å². The van der Waals surface area contributed by atoms with Gasteiger partial charge in [0.2, 0.25) is 5.95 Å². The maximum Gasteiger partial charge on any atom is 0.490 e. The number of nitrogens with one attached hydrogen (secondary N) is 1. The predicted molar refractivity (Wildman–Crippen MR) is 91.7 cm³/mol. The van der Waals surface area contributed by atoms with Crippen LogP contribution in [0.15, 0.2) is 12.4 Å². The van der Waals surface area contributed by atoms with Gasteiger partial charge in [-0.05, 0) is 0 Å². The fraction of sp³-hybridized carbons (Fsp3) is 0.625. The number of amides is 2. The van der Waals surface area contributed by atoms with Crippen LogP contribution >= 0.6 is 0 Å². The number of fused-ring (bicyclic) bond motifs is 1. The van der Waals surface area contributed by atoms with Crippen molar-refractivity contribution in [2.75, 3.05) is 45.2 Å². The van der Waals surface area contributed by atoms with Crippen molar-refractivity contribution in [1.29, 1.82) is 0 Å². The maximum absolute atomic E-state index is 12.9. The van der Waals surface area contributed by atoms with E-state index in [9.17, 15) is 22.4 Å². The smallest absolute Gasteiger partial charge is 0.475 e. The van der Waals surface area contributed by atoms with Gasteiger partial charge in [-0.15, -0.1) is 0 Å². The number of ether oxygens (including phenoxy) is 1. The highest BCUT2D eigenvalue weighted by Gasteiger charge is 2.44. The predicted octanol–water partition coefficient (Wildman–Crippen LogP) is 0.971. The number of carboxylic acids is 1. The van der Waals surface area contributed by atoms with Gasteiger partial charge in [-0.1, -0.05) is 0 Å². The number of urea groups is 1. The topological polar surface area (TPSA) is 108 Å². The molecule has 0 unspecified atom stereocenters. The number of hydrogen-bond acceptors (Lipinski definition) is 6. The number of carboxylic acid groups (broad SMARTS) is 1. The molecule has 1 aromatic heterocycles. The summed E-state index contributed by atoms with van der Waals surface area (Å²) in [4.78, 5) is 32.1. The van der Waals surface area contributed by atoms with E-state index in [-0.39, 0.29) is 18.1 Å². The third-order valence-electron chi connectivity index (χ3n) is 4.49.